The summed E-state index contributed by atoms with van der Waals surface area (Å²) >= 11 is 3.51. The maximum absolute atomic E-state index is 11.6. The number of hydrogen-bond donors (Lipinski definition) is 2. The van der Waals surface area contributed by atoms with Crippen molar-refractivity contribution in [3.05, 3.63) is 82.4 Å². The second-order valence-corrected chi connectivity index (χ2v) is 8.93. The van der Waals surface area contributed by atoms with Gasteiger partial charge in [-0.3, -0.25) is 4.79 Å². The minimum absolute atomic E-state index is 0.0466. The Hall–Kier alpha value is -2.50. The lowest BCUT2D eigenvalue weighted by Crippen LogP contribution is -2.17. The summed E-state index contributed by atoms with van der Waals surface area (Å²) in [6, 6.07) is 11.4. The molecule has 1 aromatic carbocycles. The van der Waals surface area contributed by atoms with E-state index in [0.717, 1.165) is 21.5 Å². The number of aromatic nitrogens is 4. The highest BCUT2D eigenvalue weighted by Crippen LogP contribution is 2.40. The fourth-order valence-corrected chi connectivity index (χ4v) is 4.34. The maximum Gasteiger partial charge on any atom is 0.305 e. The third-order valence-electron chi connectivity index (χ3n) is 4.40. The van der Waals surface area contributed by atoms with Gasteiger partial charge < -0.3 is 14.8 Å². The number of allylic oxidation sites excluding steroid dienone is 1. The summed E-state index contributed by atoms with van der Waals surface area (Å²) in [5.74, 6) is 1.23. The molecule has 0 radical (unpaired) electrons. The first-order chi connectivity index (χ1) is 14.0. The standard InChI is InChI=1S/C20H17IN4O3S/c1-2-20(21,13-3-5-15-16(11-13)29-19(27)23-15)17-7-8-25(24-17)18-6-4-14(12-22-18)28-10-9-26/h2-8,11-12,26H,1,9-10H2,(H,23,27)/t20-/m0/s1. The molecule has 9 heteroatoms. The van der Waals surface area contributed by atoms with Gasteiger partial charge in [-0.15, -0.1) is 6.58 Å². The van der Waals surface area contributed by atoms with Gasteiger partial charge >= 0.3 is 4.87 Å². The minimum Gasteiger partial charge on any atom is -0.490 e. The number of rotatable bonds is 7. The van der Waals surface area contributed by atoms with Crippen molar-refractivity contribution in [2.45, 2.75) is 3.42 Å². The van der Waals surface area contributed by atoms with Crippen molar-refractivity contribution in [2.24, 2.45) is 0 Å². The van der Waals surface area contributed by atoms with Gasteiger partial charge in [-0.1, -0.05) is 46.1 Å². The van der Waals surface area contributed by atoms with Crippen LogP contribution in [-0.4, -0.2) is 38.1 Å². The molecular weight excluding hydrogens is 503 g/mol. The topological polar surface area (TPSA) is 93.0 Å². The highest BCUT2D eigenvalue weighted by molar-refractivity contribution is 14.1. The van der Waals surface area contributed by atoms with Gasteiger partial charge in [0.25, 0.3) is 0 Å². The van der Waals surface area contributed by atoms with E-state index in [0.29, 0.717) is 11.6 Å². The van der Waals surface area contributed by atoms with Gasteiger partial charge in [0, 0.05) is 6.20 Å². The summed E-state index contributed by atoms with van der Waals surface area (Å²) in [6.45, 7) is 4.20. The summed E-state index contributed by atoms with van der Waals surface area (Å²) < 4.78 is 7.36. The van der Waals surface area contributed by atoms with E-state index >= 15 is 0 Å². The maximum atomic E-state index is 11.6. The summed E-state index contributed by atoms with van der Waals surface area (Å²) in [5.41, 5.74) is 2.62. The van der Waals surface area contributed by atoms with E-state index in [1.807, 2.05) is 36.5 Å². The molecule has 148 valence electrons. The van der Waals surface area contributed by atoms with Crippen molar-refractivity contribution >= 4 is 44.1 Å². The SMILES string of the molecule is C=C[C@](I)(c1ccc2[nH]c(=O)sc2c1)c1ccn(-c2ccc(OCCO)cn2)n1. The third kappa shape index (κ3) is 3.85. The highest BCUT2D eigenvalue weighted by atomic mass is 127. The number of halogens is 1. The number of aliphatic hydroxyl groups excluding tert-OH is 1. The molecule has 3 aromatic heterocycles. The second kappa shape index (κ2) is 8.09. The molecule has 4 aromatic rings. The van der Waals surface area contributed by atoms with E-state index in [-0.39, 0.29) is 18.1 Å². The molecule has 3 heterocycles. The molecule has 29 heavy (non-hydrogen) atoms. The number of pyridine rings is 1. The minimum atomic E-state index is -0.561. The molecule has 0 aliphatic heterocycles. The van der Waals surface area contributed by atoms with E-state index in [1.165, 1.54) is 11.3 Å². The molecule has 0 spiro atoms. The van der Waals surface area contributed by atoms with Gasteiger partial charge in [0.05, 0.1) is 28.7 Å². The van der Waals surface area contributed by atoms with Crippen molar-refractivity contribution < 1.29 is 9.84 Å². The van der Waals surface area contributed by atoms with Crippen LogP contribution < -0.4 is 9.61 Å². The molecule has 0 unspecified atom stereocenters. The lowest BCUT2D eigenvalue weighted by atomic mass is 9.96. The predicted octanol–water partition coefficient (Wildman–Crippen LogP) is 3.41. The zero-order valence-corrected chi connectivity index (χ0v) is 18.2. The van der Waals surface area contributed by atoms with E-state index in [9.17, 15) is 4.79 Å². The number of ether oxygens (including phenoxy) is 1. The first kappa shape index (κ1) is 19.8. The highest BCUT2D eigenvalue weighted by Gasteiger charge is 2.31. The Morgan fingerprint density at radius 3 is 2.93 bits per heavy atom. The summed E-state index contributed by atoms with van der Waals surface area (Å²) in [6.07, 6.45) is 5.28. The fraction of sp³-hybridized carbons (Fsp3) is 0.150. The molecule has 0 saturated carbocycles. The molecule has 0 saturated heterocycles. The fourth-order valence-electron chi connectivity index (χ4n) is 2.94. The smallest absolute Gasteiger partial charge is 0.305 e. The number of aromatic amines is 1. The quantitative estimate of drug-likeness (QED) is 0.222. The number of aliphatic hydroxyl groups is 1. The molecule has 1 atom stereocenters. The number of nitrogens with one attached hydrogen (secondary N) is 1. The van der Waals surface area contributed by atoms with Crippen LogP contribution in [0.1, 0.15) is 11.3 Å². The number of thiazole rings is 1. The summed E-state index contributed by atoms with van der Waals surface area (Å²) in [5, 5.41) is 13.5. The van der Waals surface area contributed by atoms with Crippen molar-refractivity contribution in [3.8, 4) is 11.6 Å². The number of alkyl halides is 1. The average molecular weight is 520 g/mol. The van der Waals surface area contributed by atoms with Gasteiger partial charge in [-0.05, 0) is 35.9 Å². The summed E-state index contributed by atoms with van der Waals surface area (Å²) in [7, 11) is 0. The van der Waals surface area contributed by atoms with Crippen LogP contribution in [-0.2, 0) is 3.42 Å². The second-order valence-electron chi connectivity index (χ2n) is 6.21. The van der Waals surface area contributed by atoms with Gasteiger partial charge in [-0.25, -0.2) is 9.67 Å². The molecule has 0 amide bonds. The van der Waals surface area contributed by atoms with Crippen LogP contribution in [0.15, 0.2) is 66.2 Å². The number of hydrogen-bond acceptors (Lipinski definition) is 6. The normalized spacial score (nSPS) is 13.3. The van der Waals surface area contributed by atoms with Crippen LogP contribution in [0.25, 0.3) is 16.0 Å². The molecular formula is C20H17IN4O3S. The number of nitrogens with zero attached hydrogens (tertiary/aromatic N) is 3. The number of H-pyrrole nitrogens is 1. The lowest BCUT2D eigenvalue weighted by Gasteiger charge is -2.22. The number of fused-ring (bicyclic) bond motifs is 1. The largest absolute Gasteiger partial charge is 0.490 e. The zero-order valence-electron chi connectivity index (χ0n) is 15.2. The average Bonchev–Trinajstić information content (AvgIpc) is 3.38. The Kier molecular flexibility index (Phi) is 5.52. The van der Waals surface area contributed by atoms with Crippen LogP contribution >= 0.6 is 33.9 Å². The monoisotopic (exact) mass is 520 g/mol. The molecule has 0 fully saturated rings. The Morgan fingerprint density at radius 2 is 2.21 bits per heavy atom. The van der Waals surface area contributed by atoms with Crippen LogP contribution in [0.4, 0.5) is 0 Å². The first-order valence-corrected chi connectivity index (χ1v) is 10.6. The molecule has 0 aliphatic rings. The van der Waals surface area contributed by atoms with Crippen molar-refractivity contribution in [3.63, 3.8) is 0 Å². The Balaban J connectivity index is 1.66. The van der Waals surface area contributed by atoms with Crippen molar-refractivity contribution in [2.75, 3.05) is 13.2 Å². The van der Waals surface area contributed by atoms with E-state index in [2.05, 4.69) is 39.1 Å². The van der Waals surface area contributed by atoms with Gasteiger partial charge in [-0.2, -0.15) is 5.10 Å². The lowest BCUT2D eigenvalue weighted by molar-refractivity contribution is 0.201. The predicted molar refractivity (Wildman–Crippen MR) is 121 cm³/mol. The Morgan fingerprint density at radius 1 is 1.34 bits per heavy atom. The van der Waals surface area contributed by atoms with E-state index in [4.69, 9.17) is 14.9 Å². The van der Waals surface area contributed by atoms with E-state index in [1.54, 1.807) is 23.0 Å². The van der Waals surface area contributed by atoms with E-state index < -0.39 is 3.42 Å². The van der Waals surface area contributed by atoms with Crippen molar-refractivity contribution in [1.29, 1.82) is 0 Å². The zero-order chi connectivity index (χ0) is 20.4. The Bertz CT molecular complexity index is 1210. The molecule has 0 bridgehead atoms. The third-order valence-corrected chi connectivity index (χ3v) is 6.86. The van der Waals surface area contributed by atoms with Gasteiger partial charge in [0.2, 0.25) is 0 Å². The van der Waals surface area contributed by atoms with Crippen LogP contribution in [0.3, 0.4) is 0 Å². The van der Waals surface area contributed by atoms with Gasteiger partial charge in [0.15, 0.2) is 5.82 Å². The van der Waals surface area contributed by atoms with Crippen molar-refractivity contribution in [1.82, 2.24) is 19.7 Å². The summed E-state index contributed by atoms with van der Waals surface area (Å²) in [4.78, 5) is 18.7. The molecule has 4 rings (SSSR count). The van der Waals surface area contributed by atoms with Crippen LogP contribution in [0.2, 0.25) is 0 Å². The first-order valence-electron chi connectivity index (χ1n) is 8.75. The van der Waals surface area contributed by atoms with Crippen LogP contribution in [0.5, 0.6) is 5.75 Å². The molecule has 7 nitrogen and oxygen atoms in total. The Labute approximate surface area is 183 Å². The van der Waals surface area contributed by atoms with Gasteiger partial charge in [0.1, 0.15) is 15.8 Å². The van der Waals surface area contributed by atoms with Crippen LogP contribution in [0, 0.1) is 0 Å². The number of benzene rings is 1. The molecule has 2 N–H and O–H groups in total. The molecule has 0 aliphatic carbocycles.